The monoisotopic (exact) mass is 374 g/mol. The van der Waals surface area contributed by atoms with Crippen molar-refractivity contribution in [3.8, 4) is 0 Å². The Hall–Kier alpha value is -1.08. The minimum absolute atomic E-state index is 0.207. The molecule has 0 aromatic carbocycles. The number of hydrogen-bond acceptors (Lipinski definition) is 3. The van der Waals surface area contributed by atoms with Crippen LogP contribution in [0.3, 0.4) is 0 Å². The summed E-state index contributed by atoms with van der Waals surface area (Å²) in [6.45, 7) is 0.748. The Balaban J connectivity index is 1.71. The van der Waals surface area contributed by atoms with Gasteiger partial charge in [-0.05, 0) is 47.3 Å². The van der Waals surface area contributed by atoms with Gasteiger partial charge in [0.05, 0.1) is 9.20 Å². The Morgan fingerprint density at radius 1 is 1.29 bits per heavy atom. The van der Waals surface area contributed by atoms with E-state index in [0.717, 1.165) is 23.0 Å². The first-order valence-electron chi connectivity index (χ1n) is 7.01. The van der Waals surface area contributed by atoms with E-state index in [2.05, 4.69) is 26.6 Å². The van der Waals surface area contributed by atoms with Gasteiger partial charge in [-0.15, -0.1) is 11.3 Å². The number of carbonyl (C=O) groups excluding carboxylic acids is 1. The van der Waals surface area contributed by atoms with Crippen molar-refractivity contribution < 1.29 is 14.7 Å². The van der Waals surface area contributed by atoms with Crippen molar-refractivity contribution in [3.05, 3.63) is 20.8 Å². The topological polar surface area (TPSA) is 78.4 Å². The number of thiophene rings is 1. The highest BCUT2D eigenvalue weighted by atomic mass is 79.9. The van der Waals surface area contributed by atoms with Crippen LogP contribution in [-0.2, 0) is 11.2 Å². The standard InChI is InChI=1S/C14H19BrN2O3S/c15-11-4-3-10(21-11)5-8-16-13(20)17-9-14(12(18)19)6-1-2-7-14/h3-4H,1-2,5-9H2,(H,18,19)(H2,16,17,20). The van der Waals surface area contributed by atoms with Crippen molar-refractivity contribution in [1.82, 2.24) is 10.6 Å². The fourth-order valence-corrected chi connectivity index (χ4v) is 4.10. The van der Waals surface area contributed by atoms with Crippen molar-refractivity contribution in [2.75, 3.05) is 13.1 Å². The predicted molar refractivity (Wildman–Crippen MR) is 85.7 cm³/mol. The third-order valence-corrected chi connectivity index (χ3v) is 5.57. The van der Waals surface area contributed by atoms with Gasteiger partial charge in [-0.1, -0.05) is 12.8 Å². The van der Waals surface area contributed by atoms with Gasteiger partial charge in [0.1, 0.15) is 0 Å². The maximum atomic E-state index is 11.7. The molecular weight excluding hydrogens is 356 g/mol. The molecule has 1 aromatic heterocycles. The van der Waals surface area contributed by atoms with Gasteiger partial charge in [-0.2, -0.15) is 0 Å². The van der Waals surface area contributed by atoms with Crippen LogP contribution in [0, 0.1) is 5.41 Å². The summed E-state index contributed by atoms with van der Waals surface area (Å²) in [5, 5.41) is 14.8. The van der Waals surface area contributed by atoms with Crippen molar-refractivity contribution in [2.45, 2.75) is 32.1 Å². The summed E-state index contributed by atoms with van der Waals surface area (Å²) in [5.74, 6) is -0.802. The van der Waals surface area contributed by atoms with Gasteiger partial charge in [0.2, 0.25) is 0 Å². The Morgan fingerprint density at radius 2 is 2.00 bits per heavy atom. The van der Waals surface area contributed by atoms with Gasteiger partial charge in [-0.3, -0.25) is 4.79 Å². The third kappa shape index (κ3) is 4.44. The lowest BCUT2D eigenvalue weighted by Crippen LogP contribution is -2.45. The van der Waals surface area contributed by atoms with Gasteiger partial charge in [0.15, 0.2) is 0 Å². The van der Waals surface area contributed by atoms with Crippen LogP contribution in [-0.4, -0.2) is 30.2 Å². The Bertz CT molecular complexity index is 512. The van der Waals surface area contributed by atoms with Crippen LogP contribution < -0.4 is 10.6 Å². The van der Waals surface area contributed by atoms with Crippen LogP contribution in [0.15, 0.2) is 15.9 Å². The lowest BCUT2D eigenvalue weighted by Gasteiger charge is -2.23. The van der Waals surface area contributed by atoms with E-state index in [0.29, 0.717) is 19.4 Å². The normalized spacial score (nSPS) is 16.6. The van der Waals surface area contributed by atoms with Gasteiger partial charge < -0.3 is 15.7 Å². The molecule has 0 atom stereocenters. The third-order valence-electron chi connectivity index (χ3n) is 3.89. The van der Waals surface area contributed by atoms with E-state index in [1.165, 1.54) is 4.88 Å². The van der Waals surface area contributed by atoms with Crippen LogP contribution in [0.1, 0.15) is 30.6 Å². The molecule has 0 spiro atoms. The minimum atomic E-state index is -0.802. The predicted octanol–water partition coefficient (Wildman–Crippen LogP) is 3.00. The zero-order valence-corrected chi connectivity index (χ0v) is 14.1. The Morgan fingerprint density at radius 3 is 2.57 bits per heavy atom. The molecule has 1 aliphatic carbocycles. The second-order valence-corrected chi connectivity index (χ2v) is 7.91. The molecule has 1 heterocycles. The molecule has 1 fully saturated rings. The summed E-state index contributed by atoms with van der Waals surface area (Å²) < 4.78 is 1.08. The lowest BCUT2D eigenvalue weighted by molar-refractivity contribution is -0.148. The Labute approximate surface area is 136 Å². The fourth-order valence-electron chi connectivity index (χ4n) is 2.62. The number of nitrogens with one attached hydrogen (secondary N) is 2. The SMILES string of the molecule is O=C(NCCc1ccc(Br)s1)NCC1(C(=O)O)CCCC1. The number of amides is 2. The number of carboxylic acid groups (broad SMARTS) is 1. The van der Waals surface area contributed by atoms with Gasteiger partial charge in [-0.25, -0.2) is 4.79 Å². The van der Waals surface area contributed by atoms with Crippen molar-refractivity contribution in [3.63, 3.8) is 0 Å². The van der Waals surface area contributed by atoms with Crippen molar-refractivity contribution in [2.24, 2.45) is 5.41 Å². The van der Waals surface area contributed by atoms with E-state index in [9.17, 15) is 14.7 Å². The average Bonchev–Trinajstić information content (AvgIpc) is 3.06. The molecule has 0 bridgehead atoms. The van der Waals surface area contributed by atoms with E-state index in [1.807, 2.05) is 12.1 Å². The number of urea groups is 1. The molecule has 1 saturated carbocycles. The summed E-state index contributed by atoms with van der Waals surface area (Å²) in [4.78, 5) is 24.3. The number of rotatable bonds is 6. The first kappa shape index (κ1) is 16.3. The van der Waals surface area contributed by atoms with E-state index < -0.39 is 11.4 Å². The first-order chi connectivity index (χ1) is 10.0. The number of hydrogen-bond donors (Lipinski definition) is 3. The molecule has 0 aliphatic heterocycles. The summed E-state index contributed by atoms with van der Waals surface area (Å²) in [7, 11) is 0. The molecule has 1 aromatic rings. The van der Waals surface area contributed by atoms with Crippen LogP contribution in [0.4, 0.5) is 4.79 Å². The van der Waals surface area contributed by atoms with Gasteiger partial charge in [0, 0.05) is 18.0 Å². The first-order valence-corrected chi connectivity index (χ1v) is 8.62. The Kier molecular flexibility index (Phi) is 5.64. The summed E-state index contributed by atoms with van der Waals surface area (Å²) in [5.41, 5.74) is -0.768. The molecule has 0 radical (unpaired) electrons. The number of aliphatic carboxylic acids is 1. The van der Waals surface area contributed by atoms with Crippen molar-refractivity contribution >= 4 is 39.3 Å². The van der Waals surface area contributed by atoms with E-state index in [-0.39, 0.29) is 12.6 Å². The quantitative estimate of drug-likeness (QED) is 0.715. The van der Waals surface area contributed by atoms with E-state index >= 15 is 0 Å². The smallest absolute Gasteiger partial charge is 0.314 e. The second kappa shape index (κ2) is 7.26. The highest BCUT2D eigenvalue weighted by Crippen LogP contribution is 2.37. The zero-order valence-electron chi connectivity index (χ0n) is 11.7. The summed E-state index contributed by atoms with van der Waals surface area (Å²) in [6, 6.07) is 3.71. The number of carboxylic acids is 1. The zero-order chi connectivity index (χ0) is 15.3. The molecule has 7 heteroatoms. The van der Waals surface area contributed by atoms with E-state index in [4.69, 9.17) is 0 Å². The molecule has 21 heavy (non-hydrogen) atoms. The summed E-state index contributed by atoms with van der Waals surface area (Å²) >= 11 is 5.04. The molecule has 5 nitrogen and oxygen atoms in total. The average molecular weight is 375 g/mol. The maximum Gasteiger partial charge on any atom is 0.314 e. The summed E-state index contributed by atoms with van der Waals surface area (Å²) in [6.07, 6.45) is 3.90. The highest BCUT2D eigenvalue weighted by molar-refractivity contribution is 9.11. The molecule has 3 N–H and O–H groups in total. The largest absolute Gasteiger partial charge is 0.481 e. The highest BCUT2D eigenvalue weighted by Gasteiger charge is 2.41. The molecular formula is C14H19BrN2O3S. The van der Waals surface area contributed by atoms with Crippen LogP contribution in [0.2, 0.25) is 0 Å². The number of halogens is 1. The molecule has 1 aliphatic rings. The van der Waals surface area contributed by atoms with Crippen LogP contribution in [0.25, 0.3) is 0 Å². The van der Waals surface area contributed by atoms with E-state index in [1.54, 1.807) is 11.3 Å². The lowest BCUT2D eigenvalue weighted by atomic mass is 9.86. The molecule has 2 rings (SSSR count). The van der Waals surface area contributed by atoms with Crippen molar-refractivity contribution in [1.29, 1.82) is 0 Å². The van der Waals surface area contributed by atoms with Gasteiger partial charge in [0.25, 0.3) is 0 Å². The van der Waals surface area contributed by atoms with Crippen LogP contribution in [0.5, 0.6) is 0 Å². The van der Waals surface area contributed by atoms with Crippen LogP contribution >= 0.6 is 27.3 Å². The molecule has 2 amide bonds. The number of carbonyl (C=O) groups is 2. The fraction of sp³-hybridized carbons (Fsp3) is 0.571. The minimum Gasteiger partial charge on any atom is -0.481 e. The van der Waals surface area contributed by atoms with Gasteiger partial charge >= 0.3 is 12.0 Å². The second-order valence-electron chi connectivity index (χ2n) is 5.36. The molecule has 116 valence electrons. The molecule has 0 unspecified atom stereocenters. The molecule has 0 saturated heterocycles. The maximum absolute atomic E-state index is 11.7.